The normalized spacial score (nSPS) is 17.2. The van der Waals surface area contributed by atoms with Crippen molar-refractivity contribution >= 4 is 63.2 Å². The molecule has 0 radical (unpaired) electrons. The highest BCUT2D eigenvalue weighted by molar-refractivity contribution is 8.26. The molecule has 128 valence electrons. The van der Waals surface area contributed by atoms with Gasteiger partial charge in [-0.05, 0) is 48.7 Å². The lowest BCUT2D eigenvalue weighted by atomic mass is 10.2. The molecule has 0 aliphatic carbocycles. The summed E-state index contributed by atoms with van der Waals surface area (Å²) in [5, 5.41) is 4.58. The number of halogens is 1. The predicted octanol–water partition coefficient (Wildman–Crippen LogP) is 4.12. The van der Waals surface area contributed by atoms with E-state index in [0.717, 1.165) is 4.88 Å². The smallest absolute Gasteiger partial charge is 0.266 e. The van der Waals surface area contributed by atoms with Gasteiger partial charge in [-0.2, -0.15) is 0 Å². The summed E-state index contributed by atoms with van der Waals surface area (Å²) in [6, 6.07) is 8.46. The predicted molar refractivity (Wildman–Crippen MR) is 104 cm³/mol. The van der Waals surface area contributed by atoms with Crippen LogP contribution in [-0.2, 0) is 9.59 Å². The Kier molecular flexibility index (Phi) is 5.31. The number of carbonyl (C=O) groups excluding carboxylic acids is 2. The van der Waals surface area contributed by atoms with Crippen molar-refractivity contribution in [3.05, 3.63) is 57.4 Å². The summed E-state index contributed by atoms with van der Waals surface area (Å²) in [7, 11) is 0. The van der Waals surface area contributed by atoms with E-state index in [-0.39, 0.29) is 17.6 Å². The van der Waals surface area contributed by atoms with Crippen molar-refractivity contribution in [1.82, 2.24) is 4.90 Å². The lowest BCUT2D eigenvalue weighted by molar-refractivity contribution is -0.129. The van der Waals surface area contributed by atoms with Crippen LogP contribution in [0.4, 0.5) is 10.1 Å². The van der Waals surface area contributed by atoms with Gasteiger partial charge >= 0.3 is 0 Å². The number of hydrogen-bond donors (Lipinski definition) is 1. The Labute approximate surface area is 157 Å². The molecule has 1 aromatic carbocycles. The van der Waals surface area contributed by atoms with Gasteiger partial charge in [0.05, 0.1) is 4.91 Å². The average Bonchev–Trinajstić information content (AvgIpc) is 3.18. The third-order valence-electron chi connectivity index (χ3n) is 3.52. The first-order valence-electron chi connectivity index (χ1n) is 7.32. The third kappa shape index (κ3) is 3.97. The van der Waals surface area contributed by atoms with E-state index in [9.17, 15) is 14.0 Å². The second-order valence-electron chi connectivity index (χ2n) is 5.24. The summed E-state index contributed by atoms with van der Waals surface area (Å²) in [4.78, 5) is 27.8. The Morgan fingerprint density at radius 1 is 1.32 bits per heavy atom. The van der Waals surface area contributed by atoms with Crippen LogP contribution < -0.4 is 5.32 Å². The minimum atomic E-state index is -0.771. The Morgan fingerprint density at radius 2 is 2.04 bits per heavy atom. The molecule has 8 heteroatoms. The molecule has 1 aliphatic heterocycles. The molecule has 2 amide bonds. The highest BCUT2D eigenvalue weighted by atomic mass is 32.2. The topological polar surface area (TPSA) is 49.4 Å². The highest BCUT2D eigenvalue weighted by Crippen LogP contribution is 2.34. The number of nitrogens with zero attached hydrogens (tertiary/aromatic N) is 1. The van der Waals surface area contributed by atoms with Crippen LogP contribution in [0, 0.1) is 5.82 Å². The van der Waals surface area contributed by atoms with Gasteiger partial charge in [-0.3, -0.25) is 14.5 Å². The quantitative estimate of drug-likeness (QED) is 0.628. The third-order valence-corrected chi connectivity index (χ3v) is 5.67. The Balaban J connectivity index is 1.73. The number of thioether (sulfide) groups is 1. The molecule has 0 spiro atoms. The van der Waals surface area contributed by atoms with Crippen LogP contribution in [0.1, 0.15) is 11.8 Å². The number of thiocarbonyl (C=S) groups is 1. The molecule has 1 saturated heterocycles. The van der Waals surface area contributed by atoms with E-state index in [1.165, 1.54) is 52.3 Å². The van der Waals surface area contributed by atoms with Crippen LogP contribution >= 0.6 is 35.3 Å². The van der Waals surface area contributed by atoms with Crippen molar-refractivity contribution in [2.24, 2.45) is 0 Å². The molecule has 0 saturated carbocycles. The SMILES string of the molecule is CC(C(=O)Nc1ccc(F)cc1)N1C(=O)/C(=C/c2cccs2)SC1=S. The zero-order valence-electron chi connectivity index (χ0n) is 13.1. The molecule has 4 nitrogen and oxygen atoms in total. The standard InChI is InChI=1S/C17H13FN2O2S3/c1-10(15(21)19-12-6-4-11(18)5-7-12)20-16(22)14(25-17(20)23)9-13-3-2-8-24-13/h2-10H,1H3,(H,19,21)/b14-9-. The second kappa shape index (κ2) is 7.47. The minimum absolute atomic E-state index is 0.287. The Hall–Kier alpha value is -2.03. The molecule has 0 bridgehead atoms. The molecule has 3 rings (SSSR count). The van der Waals surface area contributed by atoms with Crippen LogP contribution in [0.15, 0.2) is 46.7 Å². The summed E-state index contributed by atoms with van der Waals surface area (Å²) in [5.74, 6) is -1.06. The molecule has 1 atom stereocenters. The summed E-state index contributed by atoms with van der Waals surface area (Å²) < 4.78 is 13.3. The zero-order valence-corrected chi connectivity index (χ0v) is 15.5. The average molecular weight is 393 g/mol. The maximum atomic E-state index is 12.9. The summed E-state index contributed by atoms with van der Waals surface area (Å²) in [5.41, 5.74) is 0.456. The monoisotopic (exact) mass is 392 g/mol. The van der Waals surface area contributed by atoms with Crippen LogP contribution in [0.3, 0.4) is 0 Å². The van der Waals surface area contributed by atoms with E-state index in [1.807, 2.05) is 17.5 Å². The second-order valence-corrected chi connectivity index (χ2v) is 7.89. The fourth-order valence-corrected chi connectivity index (χ4v) is 4.35. The van der Waals surface area contributed by atoms with E-state index >= 15 is 0 Å². The number of benzene rings is 1. The largest absolute Gasteiger partial charge is 0.324 e. The van der Waals surface area contributed by atoms with Gasteiger partial charge in [0.2, 0.25) is 5.91 Å². The molecule has 1 unspecified atom stereocenters. The maximum absolute atomic E-state index is 12.9. The number of carbonyl (C=O) groups is 2. The van der Waals surface area contributed by atoms with Crippen molar-refractivity contribution in [2.75, 3.05) is 5.32 Å². The van der Waals surface area contributed by atoms with E-state index in [2.05, 4.69) is 5.32 Å². The first-order chi connectivity index (χ1) is 12.0. The fraction of sp³-hybridized carbons (Fsp3) is 0.118. The Morgan fingerprint density at radius 3 is 2.68 bits per heavy atom. The molecule has 1 aliphatic rings. The van der Waals surface area contributed by atoms with Crippen molar-refractivity contribution < 1.29 is 14.0 Å². The minimum Gasteiger partial charge on any atom is -0.324 e. The van der Waals surface area contributed by atoms with Gasteiger partial charge in [-0.15, -0.1) is 11.3 Å². The molecule has 1 fully saturated rings. The molecular formula is C17H13FN2O2S3. The summed E-state index contributed by atoms with van der Waals surface area (Å²) in [6.07, 6.45) is 1.77. The van der Waals surface area contributed by atoms with Gasteiger partial charge in [0.1, 0.15) is 16.2 Å². The maximum Gasteiger partial charge on any atom is 0.266 e. The lowest BCUT2D eigenvalue weighted by Crippen LogP contribution is -2.44. The number of rotatable bonds is 4. The van der Waals surface area contributed by atoms with Gasteiger partial charge in [0.15, 0.2) is 0 Å². The van der Waals surface area contributed by atoms with Gasteiger partial charge in [-0.1, -0.05) is 30.0 Å². The first-order valence-corrected chi connectivity index (χ1v) is 9.43. The van der Waals surface area contributed by atoms with Crippen LogP contribution in [0.25, 0.3) is 6.08 Å². The van der Waals surface area contributed by atoms with Gasteiger partial charge in [0.25, 0.3) is 5.91 Å². The summed E-state index contributed by atoms with van der Waals surface area (Å²) >= 11 is 7.97. The van der Waals surface area contributed by atoms with Crippen molar-refractivity contribution in [2.45, 2.75) is 13.0 Å². The number of thiophene rings is 1. The molecule has 2 heterocycles. The molecular weight excluding hydrogens is 379 g/mol. The van der Waals surface area contributed by atoms with E-state index in [4.69, 9.17) is 12.2 Å². The molecule has 1 aromatic heterocycles. The van der Waals surface area contributed by atoms with Crippen molar-refractivity contribution in [3.8, 4) is 0 Å². The van der Waals surface area contributed by atoms with Crippen LogP contribution in [0.5, 0.6) is 0 Å². The summed E-state index contributed by atoms with van der Waals surface area (Å²) in [6.45, 7) is 1.61. The van der Waals surface area contributed by atoms with Crippen molar-refractivity contribution in [1.29, 1.82) is 0 Å². The zero-order chi connectivity index (χ0) is 18.0. The lowest BCUT2D eigenvalue weighted by Gasteiger charge is -2.22. The van der Waals surface area contributed by atoms with E-state index < -0.39 is 6.04 Å². The molecule has 1 N–H and O–H groups in total. The van der Waals surface area contributed by atoms with Crippen LogP contribution in [0.2, 0.25) is 0 Å². The van der Waals surface area contributed by atoms with Gasteiger partial charge in [0, 0.05) is 10.6 Å². The number of amides is 2. The van der Waals surface area contributed by atoms with Crippen LogP contribution in [-0.4, -0.2) is 27.1 Å². The highest BCUT2D eigenvalue weighted by Gasteiger charge is 2.38. The van der Waals surface area contributed by atoms with Gasteiger partial charge < -0.3 is 5.32 Å². The number of nitrogens with one attached hydrogen (secondary N) is 1. The van der Waals surface area contributed by atoms with E-state index in [0.29, 0.717) is 14.9 Å². The van der Waals surface area contributed by atoms with E-state index in [1.54, 1.807) is 13.0 Å². The fourth-order valence-electron chi connectivity index (χ4n) is 2.21. The Bertz CT molecular complexity index is 847. The van der Waals surface area contributed by atoms with Crippen molar-refractivity contribution in [3.63, 3.8) is 0 Å². The number of hydrogen-bond acceptors (Lipinski definition) is 5. The molecule has 2 aromatic rings. The first kappa shape index (κ1) is 17.8. The molecule has 25 heavy (non-hydrogen) atoms. The van der Waals surface area contributed by atoms with Gasteiger partial charge in [-0.25, -0.2) is 4.39 Å². The number of anilines is 1.